The van der Waals surface area contributed by atoms with Crippen molar-refractivity contribution in [2.45, 2.75) is 39.5 Å². The zero-order valence-corrected chi connectivity index (χ0v) is 20.8. The van der Waals surface area contributed by atoms with Crippen molar-refractivity contribution >= 4 is 51.9 Å². The first-order valence-corrected chi connectivity index (χ1v) is 11.6. The molecular weight excluding hydrogens is 476 g/mol. The Balaban J connectivity index is 0.000000784. The van der Waals surface area contributed by atoms with Crippen LogP contribution in [0.4, 0.5) is 16.4 Å². The Bertz CT molecular complexity index is 1130. The van der Waals surface area contributed by atoms with E-state index < -0.39 is 23.4 Å². The number of nitro groups is 1. The quantitative estimate of drug-likeness (QED) is 0.254. The number of nitrogens with one attached hydrogen (secondary N) is 2. The number of amides is 3. The Morgan fingerprint density at radius 3 is 2.46 bits per heavy atom. The fraction of sp³-hybridized carbons (Fsp3) is 0.391. The first-order chi connectivity index (χ1) is 16.5. The molecule has 0 bridgehead atoms. The number of carbonyl (C=O) groups is 4. The molecular formula is C23H28N4O7S. The molecule has 1 heterocycles. The highest BCUT2D eigenvalue weighted by Gasteiger charge is 2.27. The molecule has 11 nitrogen and oxygen atoms in total. The number of hydrogen-bond acceptors (Lipinski definition) is 8. The summed E-state index contributed by atoms with van der Waals surface area (Å²) in [5.41, 5.74) is 1.61. The molecule has 2 N–H and O–H groups in total. The maximum atomic E-state index is 12.7. The van der Waals surface area contributed by atoms with Crippen molar-refractivity contribution in [1.29, 1.82) is 0 Å². The van der Waals surface area contributed by atoms with E-state index in [9.17, 15) is 29.3 Å². The smallest absolute Gasteiger partial charge is 0.341 e. The van der Waals surface area contributed by atoms with Crippen molar-refractivity contribution < 1.29 is 28.8 Å². The topological polar surface area (TPSA) is 148 Å². The number of rotatable bonds is 7. The summed E-state index contributed by atoms with van der Waals surface area (Å²) >= 11 is 1.35. The second-order valence-electron chi connectivity index (χ2n) is 8.07. The van der Waals surface area contributed by atoms with Gasteiger partial charge in [-0.1, -0.05) is 6.07 Å². The maximum Gasteiger partial charge on any atom is 0.341 e. The molecule has 1 aliphatic carbocycles. The lowest BCUT2D eigenvalue weighted by Gasteiger charge is -2.13. The average molecular weight is 505 g/mol. The molecule has 0 unspecified atom stereocenters. The van der Waals surface area contributed by atoms with E-state index in [1.54, 1.807) is 27.1 Å². The SMILES string of the molecule is CC(=O)Nc1sc2c(c1C(=O)OCC(=O)Nc1ccc(C)cc1[N+](=O)[O-])CCCC2.CN(C)C=O. The summed E-state index contributed by atoms with van der Waals surface area (Å²) in [6.07, 6.45) is 4.23. The van der Waals surface area contributed by atoms with Crippen molar-refractivity contribution in [3.63, 3.8) is 0 Å². The van der Waals surface area contributed by atoms with Gasteiger partial charge in [0.25, 0.3) is 11.6 Å². The van der Waals surface area contributed by atoms with Gasteiger partial charge in [0.15, 0.2) is 6.61 Å². The molecule has 0 fully saturated rings. The van der Waals surface area contributed by atoms with E-state index in [0.29, 0.717) is 22.5 Å². The van der Waals surface area contributed by atoms with Crippen molar-refractivity contribution in [2.75, 3.05) is 31.3 Å². The van der Waals surface area contributed by atoms with Crippen LogP contribution in [0, 0.1) is 17.0 Å². The number of anilines is 2. The lowest BCUT2D eigenvalue weighted by Crippen LogP contribution is -2.22. The molecule has 1 aromatic heterocycles. The molecule has 12 heteroatoms. The first-order valence-electron chi connectivity index (χ1n) is 10.8. The van der Waals surface area contributed by atoms with Crippen LogP contribution in [0.3, 0.4) is 0 Å². The molecule has 0 spiro atoms. The number of nitrogens with zero attached hydrogens (tertiary/aromatic N) is 2. The molecule has 0 atom stereocenters. The summed E-state index contributed by atoms with van der Waals surface area (Å²) in [6.45, 7) is 2.46. The van der Waals surface area contributed by atoms with Gasteiger partial charge < -0.3 is 20.3 Å². The lowest BCUT2D eigenvalue weighted by atomic mass is 9.95. The molecule has 188 valence electrons. The molecule has 3 amide bonds. The molecule has 0 aliphatic heterocycles. The van der Waals surface area contributed by atoms with Crippen LogP contribution in [-0.2, 0) is 32.0 Å². The van der Waals surface area contributed by atoms with Crippen LogP contribution in [0.2, 0.25) is 0 Å². The fourth-order valence-electron chi connectivity index (χ4n) is 3.32. The van der Waals surface area contributed by atoms with E-state index in [-0.39, 0.29) is 17.3 Å². The van der Waals surface area contributed by atoms with Gasteiger partial charge in [-0.2, -0.15) is 0 Å². The number of esters is 1. The van der Waals surface area contributed by atoms with E-state index in [2.05, 4.69) is 10.6 Å². The van der Waals surface area contributed by atoms with Gasteiger partial charge in [-0.15, -0.1) is 11.3 Å². The van der Waals surface area contributed by atoms with Gasteiger partial charge in [0, 0.05) is 32.0 Å². The van der Waals surface area contributed by atoms with E-state index in [1.807, 2.05) is 0 Å². The van der Waals surface area contributed by atoms with E-state index in [1.165, 1.54) is 35.3 Å². The molecule has 0 saturated heterocycles. The number of ether oxygens (including phenoxy) is 1. The van der Waals surface area contributed by atoms with Crippen LogP contribution in [0.25, 0.3) is 0 Å². The van der Waals surface area contributed by atoms with Crippen LogP contribution >= 0.6 is 11.3 Å². The molecule has 1 aromatic carbocycles. The minimum absolute atomic E-state index is 0.0264. The zero-order valence-electron chi connectivity index (χ0n) is 20.0. The minimum Gasteiger partial charge on any atom is -0.452 e. The molecule has 3 rings (SSSR count). The predicted molar refractivity (Wildman–Crippen MR) is 132 cm³/mol. The normalized spacial score (nSPS) is 11.8. The maximum absolute atomic E-state index is 12.7. The van der Waals surface area contributed by atoms with Crippen LogP contribution in [0.1, 0.15) is 46.1 Å². The highest BCUT2D eigenvalue weighted by atomic mass is 32.1. The summed E-state index contributed by atoms with van der Waals surface area (Å²) in [4.78, 5) is 58.9. The second-order valence-corrected chi connectivity index (χ2v) is 9.17. The van der Waals surface area contributed by atoms with Crippen LogP contribution in [0.5, 0.6) is 0 Å². The van der Waals surface area contributed by atoms with Crippen LogP contribution < -0.4 is 10.6 Å². The van der Waals surface area contributed by atoms with Crippen LogP contribution in [-0.4, -0.2) is 54.7 Å². The molecule has 0 saturated carbocycles. The van der Waals surface area contributed by atoms with Gasteiger partial charge in [-0.05, 0) is 49.8 Å². The summed E-state index contributed by atoms with van der Waals surface area (Å²) in [5.74, 6) is -1.70. The minimum atomic E-state index is -0.702. The van der Waals surface area contributed by atoms with Gasteiger partial charge in [-0.25, -0.2) is 4.79 Å². The number of hydrogen-bond donors (Lipinski definition) is 2. The molecule has 35 heavy (non-hydrogen) atoms. The Morgan fingerprint density at radius 1 is 1.20 bits per heavy atom. The predicted octanol–water partition coefficient (Wildman–Crippen LogP) is 3.30. The Hall–Kier alpha value is -3.80. The Morgan fingerprint density at radius 2 is 1.86 bits per heavy atom. The summed E-state index contributed by atoms with van der Waals surface area (Å²) in [5, 5.41) is 16.7. The third kappa shape index (κ3) is 7.88. The summed E-state index contributed by atoms with van der Waals surface area (Å²) < 4.78 is 5.17. The third-order valence-corrected chi connectivity index (χ3v) is 6.04. The number of benzene rings is 1. The number of fused-ring (bicyclic) bond motifs is 1. The zero-order chi connectivity index (χ0) is 26.1. The number of carbonyl (C=O) groups excluding carboxylic acids is 4. The highest BCUT2D eigenvalue weighted by molar-refractivity contribution is 7.17. The monoisotopic (exact) mass is 504 g/mol. The van der Waals surface area contributed by atoms with Crippen molar-refractivity contribution in [3.8, 4) is 0 Å². The number of nitro benzene ring substituents is 1. The van der Waals surface area contributed by atoms with Gasteiger partial charge in [0.2, 0.25) is 12.3 Å². The number of aryl methyl sites for hydroxylation is 2. The van der Waals surface area contributed by atoms with E-state index in [0.717, 1.165) is 36.1 Å². The molecule has 0 radical (unpaired) electrons. The third-order valence-electron chi connectivity index (χ3n) is 4.83. The Kier molecular flexibility index (Phi) is 9.88. The van der Waals surface area contributed by atoms with E-state index in [4.69, 9.17) is 4.74 Å². The molecule has 2 aromatic rings. The summed E-state index contributed by atoms with van der Waals surface area (Å²) in [6, 6.07) is 4.41. The second kappa shape index (κ2) is 12.6. The number of thiophene rings is 1. The first kappa shape index (κ1) is 27.4. The van der Waals surface area contributed by atoms with Gasteiger partial charge in [0.1, 0.15) is 10.7 Å². The largest absolute Gasteiger partial charge is 0.452 e. The van der Waals surface area contributed by atoms with Gasteiger partial charge in [-0.3, -0.25) is 24.5 Å². The fourth-order valence-corrected chi connectivity index (χ4v) is 4.64. The van der Waals surface area contributed by atoms with Crippen molar-refractivity contribution in [1.82, 2.24) is 4.90 Å². The average Bonchev–Trinajstić information content (AvgIpc) is 3.16. The van der Waals surface area contributed by atoms with Crippen LogP contribution in [0.15, 0.2) is 18.2 Å². The van der Waals surface area contributed by atoms with Gasteiger partial charge in [0.05, 0.1) is 10.5 Å². The van der Waals surface area contributed by atoms with Gasteiger partial charge >= 0.3 is 5.97 Å². The van der Waals surface area contributed by atoms with Crippen molar-refractivity contribution in [2.24, 2.45) is 0 Å². The highest BCUT2D eigenvalue weighted by Crippen LogP contribution is 2.38. The standard InChI is InChI=1S/C20H21N3O6S.C3H7NO/c1-11-7-8-14(15(9-11)23(27)28)22-17(25)10-29-20(26)18-13-5-3-4-6-16(13)30-19(18)21-12(2)24;1-4(2)3-5/h7-9H,3-6,10H2,1-2H3,(H,21,24)(H,22,25);3H,1-2H3. The lowest BCUT2D eigenvalue weighted by molar-refractivity contribution is -0.384. The molecule has 1 aliphatic rings. The van der Waals surface area contributed by atoms with Crippen molar-refractivity contribution in [3.05, 3.63) is 49.9 Å². The Labute approximate surface area is 206 Å². The van der Waals surface area contributed by atoms with E-state index >= 15 is 0 Å². The summed E-state index contributed by atoms with van der Waals surface area (Å²) in [7, 11) is 3.38.